The number of carbonyl (C=O) groups is 2. The Morgan fingerprint density at radius 2 is 2.00 bits per heavy atom. The molecule has 2 aliphatic rings. The summed E-state index contributed by atoms with van der Waals surface area (Å²) in [6, 6.07) is 5.44. The van der Waals surface area contributed by atoms with Gasteiger partial charge in [-0.1, -0.05) is 31.4 Å². The average Bonchev–Trinajstić information content (AvgIpc) is 2.61. The number of hydrogen-bond donors (Lipinski definition) is 2. The third-order valence-corrected chi connectivity index (χ3v) is 4.69. The van der Waals surface area contributed by atoms with Crippen molar-refractivity contribution in [1.82, 2.24) is 5.32 Å². The van der Waals surface area contributed by atoms with Crippen LogP contribution in [0.2, 0.25) is 0 Å². The molecule has 24 heavy (non-hydrogen) atoms. The highest BCUT2D eigenvalue weighted by Gasteiger charge is 2.41. The molecule has 1 amide bonds. The number of amides is 1. The second-order valence-electron chi connectivity index (χ2n) is 6.24. The molecule has 1 aromatic rings. The standard InChI is InChI=1S/C18H21NO5/c1-23-14-7-5-6-12-10-13(11-24-15(12)14)16(20)19-18(17(21)22)8-3-2-4-9-18/h5-7,10H,2-4,8-9,11H2,1H3,(H,19,20)(H,21,22). The predicted octanol–water partition coefficient (Wildman–Crippen LogP) is 2.37. The van der Waals surface area contributed by atoms with Crippen LogP contribution in [0.5, 0.6) is 11.5 Å². The molecule has 0 spiro atoms. The fourth-order valence-corrected chi connectivity index (χ4v) is 3.32. The van der Waals surface area contributed by atoms with Crippen molar-refractivity contribution in [2.24, 2.45) is 0 Å². The van der Waals surface area contributed by atoms with E-state index in [4.69, 9.17) is 9.47 Å². The summed E-state index contributed by atoms with van der Waals surface area (Å²) >= 11 is 0. The van der Waals surface area contributed by atoms with Gasteiger partial charge in [-0.3, -0.25) is 4.79 Å². The van der Waals surface area contributed by atoms with Gasteiger partial charge in [0.1, 0.15) is 12.1 Å². The summed E-state index contributed by atoms with van der Waals surface area (Å²) in [6.45, 7) is 0.0922. The van der Waals surface area contributed by atoms with E-state index in [0.29, 0.717) is 29.9 Å². The number of para-hydroxylation sites is 1. The van der Waals surface area contributed by atoms with Crippen LogP contribution < -0.4 is 14.8 Å². The molecule has 1 aromatic carbocycles. The van der Waals surface area contributed by atoms with Crippen molar-refractivity contribution >= 4 is 18.0 Å². The van der Waals surface area contributed by atoms with Gasteiger partial charge in [-0.15, -0.1) is 0 Å². The van der Waals surface area contributed by atoms with E-state index in [1.54, 1.807) is 19.3 Å². The Bertz CT molecular complexity index is 689. The Morgan fingerprint density at radius 3 is 2.67 bits per heavy atom. The number of ether oxygens (including phenoxy) is 2. The molecule has 1 fully saturated rings. The Morgan fingerprint density at radius 1 is 1.25 bits per heavy atom. The lowest BCUT2D eigenvalue weighted by Crippen LogP contribution is -2.56. The maximum atomic E-state index is 12.6. The third kappa shape index (κ3) is 2.96. The van der Waals surface area contributed by atoms with E-state index in [1.807, 2.05) is 12.1 Å². The van der Waals surface area contributed by atoms with Crippen molar-refractivity contribution < 1.29 is 24.2 Å². The zero-order valence-corrected chi connectivity index (χ0v) is 13.6. The molecule has 6 nitrogen and oxygen atoms in total. The van der Waals surface area contributed by atoms with Gasteiger partial charge in [-0.2, -0.15) is 0 Å². The van der Waals surface area contributed by atoms with Gasteiger partial charge in [0.15, 0.2) is 11.5 Å². The van der Waals surface area contributed by atoms with Crippen LogP contribution in [0.25, 0.3) is 6.08 Å². The normalized spacial score (nSPS) is 18.6. The molecule has 0 atom stereocenters. The number of rotatable bonds is 4. The van der Waals surface area contributed by atoms with Crippen LogP contribution in [0.1, 0.15) is 37.7 Å². The van der Waals surface area contributed by atoms with E-state index in [0.717, 1.165) is 24.8 Å². The minimum Gasteiger partial charge on any atom is -0.493 e. The topological polar surface area (TPSA) is 84.9 Å². The van der Waals surface area contributed by atoms with Crippen LogP contribution in [0.15, 0.2) is 23.8 Å². The fourth-order valence-electron chi connectivity index (χ4n) is 3.32. The first-order chi connectivity index (χ1) is 11.6. The van der Waals surface area contributed by atoms with Crippen molar-refractivity contribution in [3.63, 3.8) is 0 Å². The zero-order valence-electron chi connectivity index (χ0n) is 13.6. The number of methoxy groups -OCH3 is 1. The number of aliphatic carboxylic acids is 1. The molecule has 0 bridgehead atoms. The van der Waals surface area contributed by atoms with E-state index in [2.05, 4.69) is 5.32 Å². The quantitative estimate of drug-likeness (QED) is 0.885. The highest BCUT2D eigenvalue weighted by atomic mass is 16.5. The van der Waals surface area contributed by atoms with Gasteiger partial charge in [-0.25, -0.2) is 4.79 Å². The highest BCUT2D eigenvalue weighted by Crippen LogP contribution is 2.36. The van der Waals surface area contributed by atoms with Crippen LogP contribution >= 0.6 is 0 Å². The summed E-state index contributed by atoms with van der Waals surface area (Å²) in [5.74, 6) is -0.137. The fraction of sp³-hybridized carbons (Fsp3) is 0.444. The van der Waals surface area contributed by atoms with Crippen molar-refractivity contribution in [2.75, 3.05) is 13.7 Å². The monoisotopic (exact) mass is 331 g/mol. The summed E-state index contributed by atoms with van der Waals surface area (Å²) in [7, 11) is 1.56. The molecule has 0 saturated heterocycles. The van der Waals surface area contributed by atoms with Crippen molar-refractivity contribution in [1.29, 1.82) is 0 Å². The van der Waals surface area contributed by atoms with E-state index in [1.165, 1.54) is 0 Å². The first kappa shape index (κ1) is 16.4. The van der Waals surface area contributed by atoms with Crippen LogP contribution in [-0.2, 0) is 9.59 Å². The lowest BCUT2D eigenvalue weighted by molar-refractivity contribution is -0.148. The molecular formula is C18H21NO5. The Balaban J connectivity index is 1.82. The smallest absolute Gasteiger partial charge is 0.329 e. The number of hydrogen-bond acceptors (Lipinski definition) is 4. The molecule has 2 N–H and O–H groups in total. The lowest BCUT2D eigenvalue weighted by atomic mass is 9.81. The van der Waals surface area contributed by atoms with Gasteiger partial charge in [0.2, 0.25) is 0 Å². The first-order valence-corrected chi connectivity index (χ1v) is 8.12. The SMILES string of the molecule is COc1cccc2c1OCC(C(=O)NC1(C(=O)O)CCCCC1)=C2. The molecule has 3 rings (SSSR count). The van der Waals surface area contributed by atoms with Gasteiger partial charge in [-0.05, 0) is 25.0 Å². The molecule has 1 aliphatic heterocycles. The molecule has 0 radical (unpaired) electrons. The van der Waals surface area contributed by atoms with E-state index in [9.17, 15) is 14.7 Å². The van der Waals surface area contributed by atoms with Gasteiger partial charge in [0.25, 0.3) is 5.91 Å². The van der Waals surface area contributed by atoms with Crippen LogP contribution in [-0.4, -0.2) is 36.2 Å². The number of carboxylic acid groups (broad SMARTS) is 1. The molecular weight excluding hydrogens is 310 g/mol. The Kier molecular flexibility index (Phi) is 4.46. The maximum Gasteiger partial charge on any atom is 0.329 e. The van der Waals surface area contributed by atoms with Gasteiger partial charge in [0, 0.05) is 5.56 Å². The van der Waals surface area contributed by atoms with Crippen LogP contribution in [0.3, 0.4) is 0 Å². The summed E-state index contributed by atoms with van der Waals surface area (Å²) in [6.07, 6.45) is 5.28. The summed E-state index contributed by atoms with van der Waals surface area (Å²) in [5, 5.41) is 12.3. The Hall–Kier alpha value is -2.50. The number of carboxylic acids is 1. The van der Waals surface area contributed by atoms with Gasteiger partial charge < -0.3 is 19.9 Å². The number of carbonyl (C=O) groups excluding carboxylic acids is 1. The Labute approximate surface area is 140 Å². The summed E-state index contributed by atoms with van der Waals surface area (Å²) in [4.78, 5) is 24.3. The van der Waals surface area contributed by atoms with Crippen molar-refractivity contribution in [3.8, 4) is 11.5 Å². The summed E-state index contributed by atoms with van der Waals surface area (Å²) < 4.78 is 10.9. The minimum absolute atomic E-state index is 0.0922. The first-order valence-electron chi connectivity index (χ1n) is 8.12. The average molecular weight is 331 g/mol. The minimum atomic E-state index is -1.16. The molecule has 0 unspecified atom stereocenters. The number of nitrogens with one attached hydrogen (secondary N) is 1. The van der Waals surface area contributed by atoms with E-state index >= 15 is 0 Å². The second kappa shape index (κ2) is 6.55. The summed E-state index contributed by atoms with van der Waals surface area (Å²) in [5.41, 5.74) is 0.00546. The molecule has 1 saturated carbocycles. The highest BCUT2D eigenvalue weighted by molar-refractivity contribution is 6.01. The predicted molar refractivity (Wildman–Crippen MR) is 88.1 cm³/mol. The largest absolute Gasteiger partial charge is 0.493 e. The molecule has 1 heterocycles. The van der Waals surface area contributed by atoms with Gasteiger partial charge in [0.05, 0.1) is 12.7 Å². The third-order valence-electron chi connectivity index (χ3n) is 4.69. The maximum absolute atomic E-state index is 12.6. The van der Waals surface area contributed by atoms with Gasteiger partial charge >= 0.3 is 5.97 Å². The van der Waals surface area contributed by atoms with E-state index < -0.39 is 11.5 Å². The molecule has 6 heteroatoms. The number of benzene rings is 1. The van der Waals surface area contributed by atoms with Crippen molar-refractivity contribution in [3.05, 3.63) is 29.3 Å². The van der Waals surface area contributed by atoms with Crippen LogP contribution in [0.4, 0.5) is 0 Å². The van der Waals surface area contributed by atoms with Crippen LogP contribution in [0, 0.1) is 0 Å². The second-order valence-corrected chi connectivity index (χ2v) is 6.24. The lowest BCUT2D eigenvalue weighted by Gasteiger charge is -2.34. The number of fused-ring (bicyclic) bond motifs is 1. The van der Waals surface area contributed by atoms with E-state index in [-0.39, 0.29) is 12.5 Å². The molecule has 1 aliphatic carbocycles. The zero-order chi connectivity index (χ0) is 17.2. The molecule has 0 aromatic heterocycles. The molecule has 128 valence electrons. The van der Waals surface area contributed by atoms with Crippen molar-refractivity contribution in [2.45, 2.75) is 37.6 Å².